The zero-order valence-corrected chi connectivity index (χ0v) is 13.5. The molecule has 0 aromatic heterocycles. The molecule has 1 aromatic carbocycles. The topological polar surface area (TPSA) is 47.6 Å². The molecule has 4 nitrogen and oxygen atoms in total. The second kappa shape index (κ2) is 6.08. The molecular weight excluding hydrogens is 368 g/mol. The number of nitrogens with one attached hydrogen (secondary N) is 1. The summed E-state index contributed by atoms with van der Waals surface area (Å²) in [4.78, 5) is 17.2. The van der Waals surface area contributed by atoms with Crippen LogP contribution in [0.25, 0.3) is 0 Å². The number of carbonyl (C=O) groups excluding carboxylic acids is 1. The molecule has 1 N–H and O–H groups in total. The molecule has 1 aromatic rings. The van der Waals surface area contributed by atoms with Crippen LogP contribution in [0.15, 0.2) is 12.1 Å². The number of amides is 1. The lowest BCUT2D eigenvalue weighted by atomic mass is 10.2. The first kappa shape index (κ1) is 15.5. The van der Waals surface area contributed by atoms with E-state index in [1.165, 1.54) is 7.11 Å². The number of benzene rings is 1. The second-order valence-corrected chi connectivity index (χ2v) is 6.18. The van der Waals surface area contributed by atoms with Gasteiger partial charge in [-0.15, -0.1) is 0 Å². The van der Waals surface area contributed by atoms with E-state index in [9.17, 15) is 4.79 Å². The molecule has 0 atom stereocenters. The molecule has 1 amide bonds. The average Bonchev–Trinajstić information content (AvgIpc) is 2.28. The molecular formula is C12H15ClINO3. The monoisotopic (exact) mass is 383 g/mol. The van der Waals surface area contributed by atoms with Crippen LogP contribution in [-0.4, -0.2) is 18.6 Å². The van der Waals surface area contributed by atoms with Crippen molar-refractivity contribution in [3.8, 4) is 5.75 Å². The van der Waals surface area contributed by atoms with E-state index >= 15 is 0 Å². The number of ether oxygens (including phenoxy) is 1. The zero-order chi connectivity index (χ0) is 13.9. The average molecular weight is 384 g/mol. The normalized spacial score (nSPS) is 11.2. The minimum Gasteiger partial charge on any atom is -0.496 e. The smallest absolute Gasteiger partial charge is 0.278 e. The Kier molecular flexibility index (Phi) is 5.24. The quantitative estimate of drug-likeness (QED) is 0.643. The van der Waals surface area contributed by atoms with Gasteiger partial charge >= 0.3 is 0 Å². The molecule has 1 rings (SSSR count). The van der Waals surface area contributed by atoms with Crippen LogP contribution in [0.2, 0.25) is 5.02 Å². The highest BCUT2D eigenvalue weighted by atomic mass is 127. The van der Waals surface area contributed by atoms with Gasteiger partial charge in [-0.1, -0.05) is 11.6 Å². The van der Waals surface area contributed by atoms with Crippen LogP contribution in [0.1, 0.15) is 31.1 Å². The third-order valence-corrected chi connectivity index (χ3v) is 3.46. The third-order valence-electron chi connectivity index (χ3n) is 1.94. The summed E-state index contributed by atoms with van der Waals surface area (Å²) in [6, 6.07) is 3.26. The molecule has 0 bridgehead atoms. The van der Waals surface area contributed by atoms with Crippen molar-refractivity contribution in [3.05, 3.63) is 26.3 Å². The van der Waals surface area contributed by atoms with Crippen molar-refractivity contribution < 1.29 is 14.4 Å². The fourth-order valence-electron chi connectivity index (χ4n) is 1.13. The Morgan fingerprint density at radius 1 is 1.39 bits per heavy atom. The molecule has 0 aliphatic heterocycles. The Bertz CT molecular complexity index is 457. The Balaban J connectivity index is 2.95. The van der Waals surface area contributed by atoms with Crippen molar-refractivity contribution >= 4 is 40.1 Å². The molecule has 0 spiro atoms. The second-order valence-electron chi connectivity index (χ2n) is 4.61. The largest absolute Gasteiger partial charge is 0.496 e. The Morgan fingerprint density at radius 2 is 2.00 bits per heavy atom. The summed E-state index contributed by atoms with van der Waals surface area (Å²) < 4.78 is 5.97. The van der Waals surface area contributed by atoms with E-state index in [4.69, 9.17) is 21.2 Å². The van der Waals surface area contributed by atoms with E-state index in [-0.39, 0.29) is 5.91 Å². The van der Waals surface area contributed by atoms with Gasteiger partial charge in [-0.3, -0.25) is 9.63 Å². The summed E-state index contributed by atoms with van der Waals surface area (Å²) in [6.45, 7) is 5.52. The lowest BCUT2D eigenvalue weighted by Crippen LogP contribution is -2.33. The van der Waals surface area contributed by atoms with Gasteiger partial charge in [0.2, 0.25) is 0 Å². The Labute approximate surface area is 125 Å². The summed E-state index contributed by atoms with van der Waals surface area (Å²) in [6.07, 6.45) is 0. The number of hydrogen-bond acceptors (Lipinski definition) is 3. The molecule has 0 fully saturated rings. The van der Waals surface area contributed by atoms with Gasteiger partial charge in [0.1, 0.15) is 5.75 Å². The van der Waals surface area contributed by atoms with Crippen molar-refractivity contribution in [2.24, 2.45) is 0 Å². The van der Waals surface area contributed by atoms with Gasteiger partial charge in [0.25, 0.3) is 5.91 Å². The van der Waals surface area contributed by atoms with Gasteiger partial charge in [0.15, 0.2) is 0 Å². The number of carbonyl (C=O) groups is 1. The van der Waals surface area contributed by atoms with E-state index in [1.807, 2.05) is 20.8 Å². The molecule has 100 valence electrons. The van der Waals surface area contributed by atoms with Crippen molar-refractivity contribution in [2.75, 3.05) is 7.11 Å². The molecule has 0 saturated heterocycles. The fraction of sp³-hybridized carbons (Fsp3) is 0.417. The van der Waals surface area contributed by atoms with Gasteiger partial charge in [0, 0.05) is 3.57 Å². The Morgan fingerprint density at radius 3 is 2.50 bits per heavy atom. The maximum atomic E-state index is 12.0. The van der Waals surface area contributed by atoms with Crippen LogP contribution in [0.4, 0.5) is 0 Å². The van der Waals surface area contributed by atoms with E-state index in [1.54, 1.807) is 12.1 Å². The first-order chi connectivity index (χ1) is 8.24. The third kappa shape index (κ3) is 4.29. The SMILES string of the molecule is COc1cc(I)c(Cl)cc1C(=O)NOC(C)(C)C. The number of methoxy groups -OCH3 is 1. The van der Waals surface area contributed by atoms with E-state index in [2.05, 4.69) is 28.1 Å². The van der Waals surface area contributed by atoms with Crippen molar-refractivity contribution in [1.82, 2.24) is 5.48 Å². The molecule has 0 unspecified atom stereocenters. The number of hydroxylamine groups is 1. The summed E-state index contributed by atoms with van der Waals surface area (Å²) in [5, 5.41) is 0.498. The van der Waals surface area contributed by atoms with Crippen LogP contribution in [0, 0.1) is 3.57 Å². The van der Waals surface area contributed by atoms with Crippen LogP contribution in [-0.2, 0) is 4.84 Å². The van der Waals surface area contributed by atoms with Gasteiger partial charge < -0.3 is 4.74 Å². The predicted octanol–water partition coefficient (Wildman–Crippen LogP) is 3.41. The van der Waals surface area contributed by atoms with Gasteiger partial charge in [-0.2, -0.15) is 0 Å². The standard InChI is InChI=1S/C12H15ClINO3/c1-12(2,3)18-15-11(16)7-5-8(13)9(14)6-10(7)17-4/h5-6H,1-4H3,(H,15,16). The predicted molar refractivity (Wildman–Crippen MR) is 79.0 cm³/mol. The van der Waals surface area contributed by atoms with Crippen LogP contribution in [0.5, 0.6) is 5.75 Å². The zero-order valence-electron chi connectivity index (χ0n) is 10.6. The lowest BCUT2D eigenvalue weighted by molar-refractivity contribution is -0.0590. The van der Waals surface area contributed by atoms with Crippen LogP contribution < -0.4 is 10.2 Å². The summed E-state index contributed by atoms with van der Waals surface area (Å²) in [5.41, 5.74) is 2.26. The minimum atomic E-state index is -0.462. The maximum Gasteiger partial charge on any atom is 0.278 e. The molecule has 0 aliphatic rings. The lowest BCUT2D eigenvalue weighted by Gasteiger charge is -2.19. The number of rotatable bonds is 3. The maximum absolute atomic E-state index is 12.0. The van der Waals surface area contributed by atoms with Crippen LogP contribution >= 0.6 is 34.2 Å². The highest BCUT2D eigenvalue weighted by molar-refractivity contribution is 14.1. The molecule has 18 heavy (non-hydrogen) atoms. The Hall–Kier alpha value is -0.530. The summed E-state index contributed by atoms with van der Waals surface area (Å²) in [7, 11) is 1.50. The van der Waals surface area contributed by atoms with E-state index in [0.717, 1.165) is 3.57 Å². The van der Waals surface area contributed by atoms with Crippen molar-refractivity contribution in [1.29, 1.82) is 0 Å². The summed E-state index contributed by atoms with van der Waals surface area (Å²) >= 11 is 8.07. The molecule has 0 aliphatic carbocycles. The van der Waals surface area contributed by atoms with Gasteiger partial charge in [0.05, 0.1) is 23.3 Å². The van der Waals surface area contributed by atoms with Gasteiger partial charge in [-0.25, -0.2) is 5.48 Å². The number of hydrogen-bond donors (Lipinski definition) is 1. The molecule has 0 radical (unpaired) electrons. The summed E-state index contributed by atoms with van der Waals surface area (Å²) in [5.74, 6) is 0.0684. The van der Waals surface area contributed by atoms with Crippen molar-refractivity contribution in [3.63, 3.8) is 0 Å². The number of halogens is 2. The van der Waals surface area contributed by atoms with Crippen LogP contribution in [0.3, 0.4) is 0 Å². The first-order valence-corrected chi connectivity index (χ1v) is 6.71. The highest BCUT2D eigenvalue weighted by Crippen LogP contribution is 2.28. The first-order valence-electron chi connectivity index (χ1n) is 5.26. The van der Waals surface area contributed by atoms with E-state index < -0.39 is 5.60 Å². The fourth-order valence-corrected chi connectivity index (χ4v) is 1.73. The highest BCUT2D eigenvalue weighted by Gasteiger charge is 2.18. The molecule has 6 heteroatoms. The van der Waals surface area contributed by atoms with E-state index in [0.29, 0.717) is 16.3 Å². The minimum absolute atomic E-state index is 0.340. The molecule has 0 saturated carbocycles. The molecule has 0 heterocycles. The van der Waals surface area contributed by atoms with Crippen molar-refractivity contribution in [2.45, 2.75) is 26.4 Å². The van der Waals surface area contributed by atoms with Gasteiger partial charge in [-0.05, 0) is 55.5 Å².